The van der Waals surface area contributed by atoms with Gasteiger partial charge in [0.05, 0.1) is 30.3 Å². The van der Waals surface area contributed by atoms with Gasteiger partial charge in [-0.15, -0.1) is 0 Å². The Labute approximate surface area is 123 Å². The van der Waals surface area contributed by atoms with Crippen LogP contribution in [0.15, 0.2) is 30.9 Å². The molecule has 0 saturated heterocycles. The van der Waals surface area contributed by atoms with Crippen LogP contribution in [-0.2, 0) is 13.1 Å². The molecule has 0 unspecified atom stereocenters. The summed E-state index contributed by atoms with van der Waals surface area (Å²) < 4.78 is 4.10. The zero-order valence-electron chi connectivity index (χ0n) is 12.6. The van der Waals surface area contributed by atoms with Crippen molar-refractivity contribution < 1.29 is 0 Å². The number of nitrogens with one attached hydrogen (secondary N) is 1. The first kappa shape index (κ1) is 13.8. The van der Waals surface area contributed by atoms with E-state index in [2.05, 4.69) is 44.7 Å². The van der Waals surface area contributed by atoms with E-state index in [-0.39, 0.29) is 0 Å². The van der Waals surface area contributed by atoms with Crippen LogP contribution < -0.4 is 5.32 Å². The Kier molecular flexibility index (Phi) is 3.70. The summed E-state index contributed by atoms with van der Waals surface area (Å²) >= 11 is 0. The van der Waals surface area contributed by atoms with E-state index in [4.69, 9.17) is 0 Å². The van der Waals surface area contributed by atoms with Crippen LogP contribution in [-0.4, -0.2) is 30.2 Å². The molecule has 3 rings (SSSR count). The average molecular weight is 284 g/mol. The Morgan fingerprint density at radius 1 is 1.29 bits per heavy atom. The van der Waals surface area contributed by atoms with Crippen LogP contribution in [0.3, 0.4) is 0 Å². The van der Waals surface area contributed by atoms with Crippen molar-refractivity contribution >= 4 is 5.65 Å². The van der Waals surface area contributed by atoms with E-state index in [0.29, 0.717) is 6.04 Å². The lowest BCUT2D eigenvalue weighted by molar-refractivity contribution is 0.441. The maximum Gasteiger partial charge on any atom is 0.155 e. The molecular formula is C15H20N6. The highest BCUT2D eigenvalue weighted by molar-refractivity contribution is 5.36. The largest absolute Gasteiger partial charge is 0.307 e. The molecule has 0 aromatic carbocycles. The number of hydrogen-bond donors (Lipinski definition) is 1. The van der Waals surface area contributed by atoms with Crippen LogP contribution in [0.2, 0.25) is 0 Å². The van der Waals surface area contributed by atoms with E-state index in [1.807, 2.05) is 24.0 Å². The summed E-state index contributed by atoms with van der Waals surface area (Å²) in [6.07, 6.45) is 7.37. The van der Waals surface area contributed by atoms with E-state index >= 15 is 0 Å². The van der Waals surface area contributed by atoms with Crippen LogP contribution in [0.5, 0.6) is 0 Å². The molecule has 0 aliphatic carbocycles. The first-order valence-corrected chi connectivity index (χ1v) is 7.14. The summed E-state index contributed by atoms with van der Waals surface area (Å²) in [6.45, 7) is 7.91. The summed E-state index contributed by atoms with van der Waals surface area (Å²) in [6, 6.07) is 2.43. The van der Waals surface area contributed by atoms with Gasteiger partial charge in [-0.1, -0.05) is 0 Å². The van der Waals surface area contributed by atoms with Crippen LogP contribution in [0.25, 0.3) is 5.65 Å². The van der Waals surface area contributed by atoms with Gasteiger partial charge in [0.1, 0.15) is 0 Å². The van der Waals surface area contributed by atoms with E-state index in [0.717, 1.165) is 30.1 Å². The zero-order valence-corrected chi connectivity index (χ0v) is 12.6. The third kappa shape index (κ3) is 2.95. The molecule has 0 spiro atoms. The molecule has 21 heavy (non-hydrogen) atoms. The second kappa shape index (κ2) is 5.65. The lowest BCUT2D eigenvalue weighted by atomic mass is 10.3. The van der Waals surface area contributed by atoms with Crippen molar-refractivity contribution in [1.29, 1.82) is 0 Å². The maximum absolute atomic E-state index is 4.50. The van der Waals surface area contributed by atoms with Gasteiger partial charge in [0, 0.05) is 30.7 Å². The Hall–Kier alpha value is -2.21. The van der Waals surface area contributed by atoms with Crippen LogP contribution in [0.4, 0.5) is 0 Å². The standard InChI is InChI=1S/C15H20N6/c1-11-6-13(3)21(19-11)10-12(2)17-7-14-8-18-15-9-16-4-5-20(14)15/h4-6,8-9,12,17H,7,10H2,1-3H3/t12-/m0/s1. The van der Waals surface area contributed by atoms with E-state index in [1.165, 1.54) is 5.69 Å². The summed E-state index contributed by atoms with van der Waals surface area (Å²) in [5.74, 6) is 0. The van der Waals surface area contributed by atoms with Crippen LogP contribution in [0.1, 0.15) is 24.0 Å². The van der Waals surface area contributed by atoms with Gasteiger partial charge in [0.2, 0.25) is 0 Å². The summed E-state index contributed by atoms with van der Waals surface area (Å²) in [4.78, 5) is 8.41. The van der Waals surface area contributed by atoms with Crippen molar-refractivity contribution in [2.24, 2.45) is 0 Å². The molecule has 0 aliphatic rings. The minimum atomic E-state index is 0.329. The molecule has 1 N–H and O–H groups in total. The van der Waals surface area contributed by atoms with Gasteiger partial charge in [-0.3, -0.25) is 14.1 Å². The lowest BCUT2D eigenvalue weighted by Gasteiger charge is -2.14. The summed E-state index contributed by atoms with van der Waals surface area (Å²) in [7, 11) is 0. The molecular weight excluding hydrogens is 264 g/mol. The van der Waals surface area contributed by atoms with E-state index in [1.54, 1.807) is 12.4 Å². The summed E-state index contributed by atoms with van der Waals surface area (Å²) in [5, 5.41) is 8.02. The average Bonchev–Trinajstić information content (AvgIpc) is 3.00. The molecule has 0 saturated carbocycles. The third-order valence-electron chi connectivity index (χ3n) is 3.58. The van der Waals surface area contributed by atoms with Crippen molar-refractivity contribution in [3.8, 4) is 0 Å². The lowest BCUT2D eigenvalue weighted by Crippen LogP contribution is -2.31. The summed E-state index contributed by atoms with van der Waals surface area (Å²) in [5.41, 5.74) is 4.27. The molecule has 0 bridgehead atoms. The molecule has 6 heteroatoms. The Morgan fingerprint density at radius 3 is 2.90 bits per heavy atom. The van der Waals surface area contributed by atoms with Crippen molar-refractivity contribution in [3.05, 3.63) is 47.9 Å². The van der Waals surface area contributed by atoms with Crippen LogP contribution >= 0.6 is 0 Å². The quantitative estimate of drug-likeness (QED) is 0.775. The fourth-order valence-corrected chi connectivity index (χ4v) is 2.49. The number of hydrogen-bond acceptors (Lipinski definition) is 4. The highest BCUT2D eigenvalue weighted by Gasteiger charge is 2.08. The van der Waals surface area contributed by atoms with Gasteiger partial charge >= 0.3 is 0 Å². The number of aryl methyl sites for hydroxylation is 2. The van der Waals surface area contributed by atoms with E-state index in [9.17, 15) is 0 Å². The highest BCUT2D eigenvalue weighted by atomic mass is 15.3. The van der Waals surface area contributed by atoms with E-state index < -0.39 is 0 Å². The molecule has 110 valence electrons. The molecule has 0 fully saturated rings. The topological polar surface area (TPSA) is 60.0 Å². The first-order valence-electron chi connectivity index (χ1n) is 7.14. The molecule has 3 aromatic rings. The van der Waals surface area contributed by atoms with Crippen molar-refractivity contribution in [2.75, 3.05) is 0 Å². The zero-order chi connectivity index (χ0) is 14.8. The van der Waals surface area contributed by atoms with Crippen molar-refractivity contribution in [1.82, 2.24) is 29.5 Å². The third-order valence-corrected chi connectivity index (χ3v) is 3.58. The first-order chi connectivity index (χ1) is 10.1. The number of aromatic nitrogens is 5. The highest BCUT2D eigenvalue weighted by Crippen LogP contribution is 2.06. The molecule has 6 nitrogen and oxygen atoms in total. The Morgan fingerprint density at radius 2 is 2.14 bits per heavy atom. The second-order valence-electron chi connectivity index (χ2n) is 5.45. The van der Waals surface area contributed by atoms with Crippen LogP contribution in [0, 0.1) is 13.8 Å². The number of imidazole rings is 1. The molecule has 0 radical (unpaired) electrons. The van der Waals surface area contributed by atoms with Crippen molar-refractivity contribution in [3.63, 3.8) is 0 Å². The molecule has 3 heterocycles. The Bertz CT molecular complexity index is 742. The Balaban J connectivity index is 1.63. The molecule has 0 amide bonds. The van der Waals surface area contributed by atoms with Gasteiger partial charge in [-0.25, -0.2) is 4.98 Å². The number of nitrogens with zero attached hydrogens (tertiary/aromatic N) is 5. The minimum absolute atomic E-state index is 0.329. The van der Waals surface area contributed by atoms with Gasteiger partial charge in [0.15, 0.2) is 5.65 Å². The molecule has 3 aromatic heterocycles. The monoisotopic (exact) mass is 284 g/mol. The smallest absolute Gasteiger partial charge is 0.155 e. The van der Waals surface area contributed by atoms with Gasteiger partial charge in [-0.2, -0.15) is 5.10 Å². The van der Waals surface area contributed by atoms with Crippen molar-refractivity contribution in [2.45, 2.75) is 39.9 Å². The predicted octanol–water partition coefficient (Wildman–Crippen LogP) is 1.72. The molecule has 1 atom stereocenters. The number of fused-ring (bicyclic) bond motifs is 1. The minimum Gasteiger partial charge on any atom is -0.307 e. The normalized spacial score (nSPS) is 12.9. The molecule has 0 aliphatic heterocycles. The predicted molar refractivity (Wildman–Crippen MR) is 81.0 cm³/mol. The maximum atomic E-state index is 4.50. The van der Waals surface area contributed by atoms with Gasteiger partial charge in [0.25, 0.3) is 0 Å². The fraction of sp³-hybridized carbons (Fsp3) is 0.400. The van der Waals surface area contributed by atoms with Gasteiger partial charge in [-0.05, 0) is 26.8 Å². The fourth-order valence-electron chi connectivity index (χ4n) is 2.49. The number of rotatable bonds is 5. The van der Waals surface area contributed by atoms with Gasteiger partial charge < -0.3 is 5.32 Å². The SMILES string of the molecule is Cc1cc(C)n(C[C@H](C)NCc2cnc3cnccn23)n1. The second-order valence-corrected chi connectivity index (χ2v) is 5.45.